The molecule has 0 aliphatic carbocycles. The van der Waals surface area contributed by atoms with E-state index in [0.717, 1.165) is 37.3 Å². The van der Waals surface area contributed by atoms with Gasteiger partial charge < -0.3 is 9.64 Å². The van der Waals surface area contributed by atoms with Gasteiger partial charge in [-0.3, -0.25) is 10.5 Å². The highest BCUT2D eigenvalue weighted by molar-refractivity contribution is 5.87. The average molecular weight is 263 g/mol. The zero-order chi connectivity index (χ0) is 13.2. The third-order valence-electron chi connectivity index (χ3n) is 3.17. The van der Waals surface area contributed by atoms with Crippen LogP contribution in [-0.4, -0.2) is 46.0 Å². The summed E-state index contributed by atoms with van der Waals surface area (Å²) in [6.45, 7) is 4.53. The van der Waals surface area contributed by atoms with Crippen molar-refractivity contribution in [1.29, 1.82) is 0 Å². The number of anilines is 2. The van der Waals surface area contributed by atoms with Crippen molar-refractivity contribution in [3.05, 3.63) is 6.20 Å². The van der Waals surface area contributed by atoms with E-state index in [4.69, 9.17) is 10.6 Å². The number of nitrogens with one attached hydrogen (secondary N) is 2. The second-order valence-electron chi connectivity index (χ2n) is 4.63. The molecule has 2 aromatic rings. The number of aromatic amines is 1. The average Bonchev–Trinajstić information content (AvgIpc) is 2.79. The lowest BCUT2D eigenvalue weighted by Crippen LogP contribution is -2.31. The highest BCUT2D eigenvalue weighted by Crippen LogP contribution is 2.25. The topological polar surface area (TPSA) is 105 Å². The van der Waals surface area contributed by atoms with Crippen molar-refractivity contribution in [2.75, 3.05) is 30.0 Å². The van der Waals surface area contributed by atoms with E-state index >= 15 is 0 Å². The zero-order valence-electron chi connectivity index (χ0n) is 10.8. The van der Waals surface area contributed by atoms with Gasteiger partial charge in [-0.15, -0.1) is 0 Å². The van der Waals surface area contributed by atoms with Crippen molar-refractivity contribution in [2.45, 2.75) is 19.4 Å². The first-order valence-corrected chi connectivity index (χ1v) is 6.32. The number of hydrogen-bond acceptors (Lipinski definition) is 7. The number of H-pyrrole nitrogens is 1. The van der Waals surface area contributed by atoms with Crippen molar-refractivity contribution in [1.82, 2.24) is 20.2 Å². The number of nitrogens with zero attached hydrogens (tertiary/aromatic N) is 4. The van der Waals surface area contributed by atoms with Crippen molar-refractivity contribution in [2.24, 2.45) is 5.84 Å². The van der Waals surface area contributed by atoms with Crippen molar-refractivity contribution < 1.29 is 4.74 Å². The molecular formula is C11H17N7O. The number of ether oxygens (including phenoxy) is 1. The predicted octanol–water partition coefficient (Wildman–Crippen LogP) is 0.254. The summed E-state index contributed by atoms with van der Waals surface area (Å²) in [5.74, 6) is 6.63. The summed E-state index contributed by atoms with van der Waals surface area (Å²) in [6, 6.07) is 0. The Morgan fingerprint density at radius 3 is 3.26 bits per heavy atom. The van der Waals surface area contributed by atoms with Crippen LogP contribution in [0.3, 0.4) is 0 Å². The van der Waals surface area contributed by atoms with Gasteiger partial charge in [-0.25, -0.2) is 5.84 Å². The van der Waals surface area contributed by atoms with Gasteiger partial charge in [0.25, 0.3) is 0 Å². The molecule has 102 valence electrons. The Hall–Kier alpha value is -1.93. The number of nitrogen functional groups attached to an aromatic ring is 1. The van der Waals surface area contributed by atoms with E-state index in [9.17, 15) is 0 Å². The van der Waals surface area contributed by atoms with Crippen LogP contribution in [0.4, 0.5) is 11.8 Å². The van der Waals surface area contributed by atoms with Gasteiger partial charge in [-0.05, 0) is 13.3 Å². The normalized spacial score (nSPS) is 20.5. The Bertz CT molecular complexity index is 569. The summed E-state index contributed by atoms with van der Waals surface area (Å²) in [4.78, 5) is 10.9. The summed E-state index contributed by atoms with van der Waals surface area (Å²) in [7, 11) is 0. The van der Waals surface area contributed by atoms with Crippen LogP contribution in [-0.2, 0) is 4.74 Å². The number of fused-ring (bicyclic) bond motifs is 1. The van der Waals surface area contributed by atoms with E-state index in [2.05, 4.69) is 37.4 Å². The van der Waals surface area contributed by atoms with Crippen LogP contribution in [0.15, 0.2) is 6.20 Å². The molecule has 0 saturated carbocycles. The molecule has 0 amide bonds. The van der Waals surface area contributed by atoms with Crippen LogP contribution in [0.5, 0.6) is 0 Å². The fraction of sp³-hybridized carbons (Fsp3) is 0.545. The number of aromatic nitrogens is 4. The monoisotopic (exact) mass is 263 g/mol. The Labute approximate surface area is 110 Å². The number of hydrazine groups is 1. The molecule has 0 aromatic carbocycles. The zero-order valence-corrected chi connectivity index (χ0v) is 10.8. The largest absolute Gasteiger partial charge is 0.377 e. The molecule has 0 radical (unpaired) electrons. The first-order chi connectivity index (χ1) is 9.28. The van der Waals surface area contributed by atoms with Crippen LogP contribution >= 0.6 is 0 Å². The van der Waals surface area contributed by atoms with E-state index in [1.54, 1.807) is 6.20 Å². The molecule has 2 aromatic heterocycles. The molecule has 1 fully saturated rings. The van der Waals surface area contributed by atoms with Gasteiger partial charge in [0.2, 0.25) is 5.95 Å². The molecule has 1 saturated heterocycles. The fourth-order valence-corrected chi connectivity index (χ4v) is 2.31. The summed E-state index contributed by atoms with van der Waals surface area (Å²) in [6.07, 6.45) is 2.88. The number of hydrogen-bond donors (Lipinski definition) is 3. The number of nitrogens with two attached hydrogens (primary N) is 1. The molecule has 1 aliphatic rings. The molecular weight excluding hydrogens is 246 g/mol. The maximum absolute atomic E-state index is 5.66. The first-order valence-electron chi connectivity index (χ1n) is 6.32. The summed E-state index contributed by atoms with van der Waals surface area (Å²) < 4.78 is 5.66. The second-order valence-corrected chi connectivity index (χ2v) is 4.63. The Balaban J connectivity index is 2.04. The Kier molecular flexibility index (Phi) is 3.18. The lowest BCUT2D eigenvalue weighted by molar-refractivity contribution is 0.0820. The van der Waals surface area contributed by atoms with Gasteiger partial charge in [0.1, 0.15) is 5.82 Å². The van der Waals surface area contributed by atoms with Crippen molar-refractivity contribution >= 4 is 22.8 Å². The van der Waals surface area contributed by atoms with Crippen molar-refractivity contribution in [3.8, 4) is 0 Å². The van der Waals surface area contributed by atoms with E-state index in [0.29, 0.717) is 11.6 Å². The molecule has 1 atom stereocenters. The molecule has 19 heavy (non-hydrogen) atoms. The lowest BCUT2D eigenvalue weighted by Gasteiger charge is -2.23. The minimum Gasteiger partial charge on any atom is -0.377 e. The van der Waals surface area contributed by atoms with E-state index < -0.39 is 0 Å². The van der Waals surface area contributed by atoms with Gasteiger partial charge in [-0.1, -0.05) is 0 Å². The van der Waals surface area contributed by atoms with Crippen LogP contribution < -0.4 is 16.2 Å². The Morgan fingerprint density at radius 2 is 2.42 bits per heavy atom. The highest BCUT2D eigenvalue weighted by atomic mass is 16.5. The molecule has 1 aliphatic heterocycles. The van der Waals surface area contributed by atoms with Crippen LogP contribution in [0, 0.1) is 0 Å². The van der Waals surface area contributed by atoms with Crippen LogP contribution in [0.25, 0.3) is 11.0 Å². The molecule has 1 unspecified atom stereocenters. The lowest BCUT2D eigenvalue weighted by atomic mass is 10.3. The molecule has 8 heteroatoms. The third-order valence-corrected chi connectivity index (χ3v) is 3.17. The maximum Gasteiger partial charge on any atom is 0.241 e. The maximum atomic E-state index is 5.66. The van der Waals surface area contributed by atoms with Gasteiger partial charge in [0, 0.05) is 19.7 Å². The smallest absolute Gasteiger partial charge is 0.241 e. The number of rotatable bonds is 2. The molecule has 8 nitrogen and oxygen atoms in total. The molecule has 3 heterocycles. The quantitative estimate of drug-likeness (QED) is 0.527. The minimum atomic E-state index is 0.175. The Morgan fingerprint density at radius 1 is 1.53 bits per heavy atom. The first kappa shape index (κ1) is 12.1. The standard InChI is InChI=1S/C11H17N7O/c1-7-6-18(3-2-4-19-7)10-8-5-13-17-9(8)14-11(15-10)16-12/h5,7H,2-4,6,12H2,1H3,(H2,13,14,15,16,17). The fourth-order valence-electron chi connectivity index (χ4n) is 2.31. The highest BCUT2D eigenvalue weighted by Gasteiger charge is 2.20. The van der Waals surface area contributed by atoms with Crippen molar-refractivity contribution in [3.63, 3.8) is 0 Å². The molecule has 3 rings (SSSR count). The third kappa shape index (κ3) is 2.32. The SMILES string of the molecule is CC1CN(c2nc(NN)nc3[nH]ncc23)CCCO1. The summed E-state index contributed by atoms with van der Waals surface area (Å²) in [5.41, 5.74) is 3.16. The van der Waals surface area contributed by atoms with Gasteiger partial charge in [-0.2, -0.15) is 15.1 Å². The molecule has 0 bridgehead atoms. The van der Waals surface area contributed by atoms with E-state index in [-0.39, 0.29) is 6.10 Å². The second kappa shape index (κ2) is 4.98. The predicted molar refractivity (Wildman–Crippen MR) is 71.7 cm³/mol. The van der Waals surface area contributed by atoms with Crippen LogP contribution in [0.1, 0.15) is 13.3 Å². The minimum absolute atomic E-state index is 0.175. The van der Waals surface area contributed by atoms with Gasteiger partial charge in [0.05, 0.1) is 17.7 Å². The van der Waals surface area contributed by atoms with Gasteiger partial charge >= 0.3 is 0 Å². The summed E-state index contributed by atoms with van der Waals surface area (Å²) >= 11 is 0. The van der Waals surface area contributed by atoms with Gasteiger partial charge in [0.15, 0.2) is 5.65 Å². The summed E-state index contributed by atoms with van der Waals surface area (Å²) in [5, 5.41) is 7.76. The van der Waals surface area contributed by atoms with E-state index in [1.165, 1.54) is 0 Å². The van der Waals surface area contributed by atoms with Crippen LogP contribution in [0.2, 0.25) is 0 Å². The molecule has 0 spiro atoms. The molecule has 4 N–H and O–H groups in total. The van der Waals surface area contributed by atoms with E-state index in [1.807, 2.05) is 0 Å².